The summed E-state index contributed by atoms with van der Waals surface area (Å²) in [7, 11) is 0. The number of benzene rings is 1. The molecule has 0 amide bonds. The van der Waals surface area contributed by atoms with Gasteiger partial charge in [0.25, 0.3) is 0 Å². The monoisotopic (exact) mass is 182 g/mol. The number of fused-ring (bicyclic) bond motifs is 2. The standard InChI is InChI=1S/C11H8N3/c1-2-4-10-9(3-1)13-6-8-5-12-7-11(8)14-10/h1-7,12H. The van der Waals surface area contributed by atoms with Gasteiger partial charge in [0.05, 0.1) is 23.0 Å². The predicted octanol–water partition coefficient (Wildman–Crippen LogP) is 0.430. The largest absolute Gasteiger partial charge is 0.380 e. The molecule has 0 saturated heterocycles. The SMILES string of the molecule is [CH]1NC=C2N=c3ccccc3=NC=C12. The van der Waals surface area contributed by atoms with Crippen LogP contribution in [0.4, 0.5) is 0 Å². The third-order valence-corrected chi connectivity index (χ3v) is 2.22. The second-order valence-corrected chi connectivity index (χ2v) is 3.15. The fourth-order valence-electron chi connectivity index (χ4n) is 1.50. The molecule has 0 spiro atoms. The number of nitrogens with one attached hydrogen (secondary N) is 1. The second-order valence-electron chi connectivity index (χ2n) is 3.15. The molecule has 1 aromatic rings. The molecule has 2 aliphatic heterocycles. The lowest BCUT2D eigenvalue weighted by atomic mass is 10.2. The molecule has 3 heteroatoms. The van der Waals surface area contributed by atoms with E-state index in [0.29, 0.717) is 0 Å². The molecule has 0 aliphatic carbocycles. The Kier molecular flexibility index (Phi) is 1.50. The lowest BCUT2D eigenvalue weighted by Crippen LogP contribution is -2.23. The van der Waals surface area contributed by atoms with E-state index in [4.69, 9.17) is 0 Å². The fourth-order valence-corrected chi connectivity index (χ4v) is 1.50. The summed E-state index contributed by atoms with van der Waals surface area (Å²) in [5.74, 6) is 0. The Morgan fingerprint density at radius 1 is 1.07 bits per heavy atom. The first-order valence-corrected chi connectivity index (χ1v) is 4.45. The van der Waals surface area contributed by atoms with Crippen molar-refractivity contribution >= 4 is 0 Å². The molecule has 1 radical (unpaired) electrons. The number of hydrogen-bond donors (Lipinski definition) is 1. The normalized spacial score (nSPS) is 17.4. The van der Waals surface area contributed by atoms with Crippen LogP contribution in [0.25, 0.3) is 0 Å². The van der Waals surface area contributed by atoms with E-state index < -0.39 is 0 Å². The summed E-state index contributed by atoms with van der Waals surface area (Å²) in [5.41, 5.74) is 1.97. The van der Waals surface area contributed by atoms with Crippen LogP contribution in [0.5, 0.6) is 0 Å². The van der Waals surface area contributed by atoms with Crippen molar-refractivity contribution in [3.63, 3.8) is 0 Å². The second kappa shape index (κ2) is 2.80. The highest BCUT2D eigenvalue weighted by Crippen LogP contribution is 2.17. The van der Waals surface area contributed by atoms with E-state index in [-0.39, 0.29) is 0 Å². The number of nitrogens with zero attached hydrogens (tertiary/aromatic N) is 2. The Morgan fingerprint density at radius 3 is 2.86 bits per heavy atom. The van der Waals surface area contributed by atoms with Crippen molar-refractivity contribution in [1.82, 2.24) is 5.32 Å². The van der Waals surface area contributed by atoms with Crippen molar-refractivity contribution in [2.75, 3.05) is 0 Å². The molecule has 3 rings (SSSR count). The van der Waals surface area contributed by atoms with Crippen LogP contribution >= 0.6 is 0 Å². The molecule has 0 fully saturated rings. The van der Waals surface area contributed by atoms with Crippen LogP contribution in [0.2, 0.25) is 0 Å². The maximum absolute atomic E-state index is 4.51. The molecule has 3 nitrogen and oxygen atoms in total. The third kappa shape index (κ3) is 1.06. The fraction of sp³-hybridized carbons (Fsp3) is 0. The van der Waals surface area contributed by atoms with Gasteiger partial charge in [0.15, 0.2) is 0 Å². The van der Waals surface area contributed by atoms with Gasteiger partial charge in [0.2, 0.25) is 0 Å². The maximum Gasteiger partial charge on any atom is 0.0894 e. The molecule has 2 aliphatic rings. The highest BCUT2D eigenvalue weighted by atomic mass is 14.9. The minimum atomic E-state index is 0.919. The lowest BCUT2D eigenvalue weighted by Gasteiger charge is -1.91. The van der Waals surface area contributed by atoms with E-state index in [1.807, 2.05) is 43.2 Å². The van der Waals surface area contributed by atoms with E-state index in [1.54, 1.807) is 0 Å². The lowest BCUT2D eigenvalue weighted by molar-refractivity contribution is 1.13. The molecule has 2 heterocycles. The van der Waals surface area contributed by atoms with Gasteiger partial charge in [0, 0.05) is 18.0 Å². The Labute approximate surface area is 81.2 Å². The minimum Gasteiger partial charge on any atom is -0.380 e. The van der Waals surface area contributed by atoms with Crippen molar-refractivity contribution in [3.05, 3.63) is 65.2 Å². The number of rotatable bonds is 0. The molecule has 0 bridgehead atoms. The number of para-hydroxylation sites is 2. The predicted molar refractivity (Wildman–Crippen MR) is 52.4 cm³/mol. The van der Waals surface area contributed by atoms with Crippen molar-refractivity contribution in [1.29, 1.82) is 0 Å². The van der Waals surface area contributed by atoms with E-state index in [9.17, 15) is 0 Å². The highest BCUT2D eigenvalue weighted by molar-refractivity contribution is 5.41. The zero-order chi connectivity index (χ0) is 9.38. The molecule has 0 unspecified atom stereocenters. The van der Waals surface area contributed by atoms with Gasteiger partial charge >= 0.3 is 0 Å². The van der Waals surface area contributed by atoms with Crippen LogP contribution in [-0.4, -0.2) is 0 Å². The third-order valence-electron chi connectivity index (χ3n) is 2.22. The summed E-state index contributed by atoms with van der Waals surface area (Å²) in [5, 5.41) is 4.85. The smallest absolute Gasteiger partial charge is 0.0894 e. The van der Waals surface area contributed by atoms with Gasteiger partial charge in [-0.25, -0.2) is 4.99 Å². The van der Waals surface area contributed by atoms with Crippen LogP contribution in [0.15, 0.2) is 57.9 Å². The summed E-state index contributed by atoms with van der Waals surface area (Å²) in [6, 6.07) is 7.86. The molecule has 14 heavy (non-hydrogen) atoms. The Bertz CT molecular complexity index is 552. The maximum atomic E-state index is 4.51. The van der Waals surface area contributed by atoms with E-state index in [1.165, 1.54) is 0 Å². The number of hydrogen-bond acceptors (Lipinski definition) is 3. The van der Waals surface area contributed by atoms with E-state index >= 15 is 0 Å². The summed E-state index contributed by atoms with van der Waals surface area (Å²) < 4.78 is 0. The van der Waals surface area contributed by atoms with Crippen LogP contribution in [0.1, 0.15) is 0 Å². The molecule has 1 N–H and O–H groups in total. The Hall–Kier alpha value is -1.90. The van der Waals surface area contributed by atoms with Crippen LogP contribution in [0, 0.1) is 6.54 Å². The van der Waals surface area contributed by atoms with Crippen molar-refractivity contribution in [3.8, 4) is 0 Å². The Balaban J connectivity index is 2.35. The van der Waals surface area contributed by atoms with Crippen LogP contribution in [-0.2, 0) is 0 Å². The van der Waals surface area contributed by atoms with Crippen molar-refractivity contribution in [2.45, 2.75) is 0 Å². The first kappa shape index (κ1) is 7.50. The summed E-state index contributed by atoms with van der Waals surface area (Å²) >= 11 is 0. The van der Waals surface area contributed by atoms with Gasteiger partial charge in [-0.2, -0.15) is 0 Å². The van der Waals surface area contributed by atoms with Gasteiger partial charge in [-0.1, -0.05) is 12.1 Å². The quantitative estimate of drug-likeness (QED) is 0.620. The Morgan fingerprint density at radius 2 is 1.93 bits per heavy atom. The van der Waals surface area contributed by atoms with E-state index in [0.717, 1.165) is 22.0 Å². The summed E-state index contributed by atoms with van der Waals surface area (Å²) in [6.07, 6.45) is 3.71. The van der Waals surface area contributed by atoms with Gasteiger partial charge in [-0.05, 0) is 12.1 Å². The molecule has 0 saturated carbocycles. The average Bonchev–Trinajstić information content (AvgIpc) is 2.58. The van der Waals surface area contributed by atoms with Crippen molar-refractivity contribution < 1.29 is 0 Å². The summed E-state index contributed by atoms with van der Waals surface area (Å²) in [6.45, 7) is 1.90. The van der Waals surface area contributed by atoms with Crippen LogP contribution < -0.4 is 16.0 Å². The molecular formula is C11H8N3. The molecular weight excluding hydrogens is 174 g/mol. The minimum absolute atomic E-state index is 0.919. The van der Waals surface area contributed by atoms with Crippen LogP contribution in [0.3, 0.4) is 0 Å². The first-order valence-electron chi connectivity index (χ1n) is 4.45. The van der Waals surface area contributed by atoms with Crippen molar-refractivity contribution in [2.24, 2.45) is 9.98 Å². The van der Waals surface area contributed by atoms with Gasteiger partial charge < -0.3 is 5.32 Å². The molecule has 1 aromatic carbocycles. The molecule has 0 atom stereocenters. The van der Waals surface area contributed by atoms with Gasteiger partial charge in [-0.15, -0.1) is 0 Å². The highest BCUT2D eigenvalue weighted by Gasteiger charge is 2.11. The zero-order valence-corrected chi connectivity index (χ0v) is 7.44. The van der Waals surface area contributed by atoms with Gasteiger partial charge in [-0.3, -0.25) is 4.99 Å². The molecule has 0 aromatic heterocycles. The zero-order valence-electron chi connectivity index (χ0n) is 7.44. The first-order chi connectivity index (χ1) is 6.93. The van der Waals surface area contributed by atoms with Gasteiger partial charge in [0.1, 0.15) is 0 Å². The average molecular weight is 182 g/mol. The van der Waals surface area contributed by atoms with E-state index in [2.05, 4.69) is 15.3 Å². The topological polar surface area (TPSA) is 36.8 Å². The summed E-state index contributed by atoms with van der Waals surface area (Å²) in [4.78, 5) is 8.87. The molecule has 67 valence electrons.